The van der Waals surface area contributed by atoms with Crippen LogP contribution in [0.25, 0.3) is 0 Å². The van der Waals surface area contributed by atoms with Gasteiger partial charge in [-0.3, -0.25) is 0 Å². The number of rotatable bonds is 9. The highest BCUT2D eigenvalue weighted by Gasteiger charge is 2.45. The predicted octanol–water partition coefficient (Wildman–Crippen LogP) is 5.33. The van der Waals surface area contributed by atoms with Gasteiger partial charge in [0, 0.05) is 24.5 Å². The Hall–Kier alpha value is -1.79. The molecule has 0 unspecified atom stereocenters. The number of methoxy groups -OCH3 is 2. The molecule has 6 heteroatoms. The monoisotopic (exact) mass is 418 g/mol. The summed E-state index contributed by atoms with van der Waals surface area (Å²) in [6, 6.07) is 3.63. The molecule has 0 saturated carbocycles. The van der Waals surface area contributed by atoms with Crippen molar-refractivity contribution in [2.24, 2.45) is 0 Å². The van der Waals surface area contributed by atoms with Crippen LogP contribution in [0.2, 0.25) is 0 Å². The first-order valence-corrected chi connectivity index (χ1v) is 11.4. The van der Waals surface area contributed by atoms with E-state index in [9.17, 15) is 4.79 Å². The SMILES string of the molecule is COc1cc(OC)c2c(c1)[C@H](CCCCCC[C@H]1CC[C@@]3(CC[C@H](C)O3)O1)OC2=O. The second kappa shape index (κ2) is 9.15. The Balaban J connectivity index is 1.19. The minimum absolute atomic E-state index is 0.212. The maximum absolute atomic E-state index is 12.3. The highest BCUT2D eigenvalue weighted by Crippen LogP contribution is 2.43. The molecule has 0 N–H and O–H groups in total. The average molecular weight is 419 g/mol. The van der Waals surface area contributed by atoms with Gasteiger partial charge in [0.15, 0.2) is 5.79 Å². The number of unbranched alkanes of at least 4 members (excludes halogenated alkanes) is 3. The maximum atomic E-state index is 12.3. The smallest absolute Gasteiger partial charge is 0.342 e. The molecule has 0 amide bonds. The van der Waals surface area contributed by atoms with Gasteiger partial charge in [0.1, 0.15) is 23.2 Å². The highest BCUT2D eigenvalue weighted by molar-refractivity contribution is 5.97. The number of fused-ring (bicyclic) bond motifs is 1. The Morgan fingerprint density at radius 2 is 1.77 bits per heavy atom. The van der Waals surface area contributed by atoms with Crippen LogP contribution >= 0.6 is 0 Å². The van der Waals surface area contributed by atoms with Crippen LogP contribution in [-0.2, 0) is 14.2 Å². The summed E-state index contributed by atoms with van der Waals surface area (Å²) < 4.78 is 28.6. The number of carbonyl (C=O) groups is 1. The first kappa shape index (κ1) is 21.4. The number of hydrogen-bond donors (Lipinski definition) is 0. The molecule has 2 saturated heterocycles. The maximum Gasteiger partial charge on any atom is 0.342 e. The Bertz CT molecular complexity index is 762. The summed E-state index contributed by atoms with van der Waals surface area (Å²) in [5.74, 6) is 0.632. The van der Waals surface area contributed by atoms with Gasteiger partial charge in [-0.25, -0.2) is 4.79 Å². The van der Waals surface area contributed by atoms with E-state index in [4.69, 9.17) is 23.7 Å². The molecule has 0 radical (unpaired) electrons. The van der Waals surface area contributed by atoms with Gasteiger partial charge in [0.2, 0.25) is 0 Å². The third-order valence-corrected chi connectivity index (χ3v) is 6.68. The molecular weight excluding hydrogens is 384 g/mol. The zero-order chi connectivity index (χ0) is 21.1. The highest BCUT2D eigenvalue weighted by atomic mass is 16.7. The summed E-state index contributed by atoms with van der Waals surface area (Å²) in [6.45, 7) is 2.14. The van der Waals surface area contributed by atoms with Crippen molar-refractivity contribution in [2.45, 2.75) is 95.2 Å². The Kier molecular flexibility index (Phi) is 6.54. The normalized spacial score (nSPS) is 30.0. The van der Waals surface area contributed by atoms with Crippen molar-refractivity contribution in [3.8, 4) is 11.5 Å². The van der Waals surface area contributed by atoms with Gasteiger partial charge in [0.05, 0.1) is 26.4 Å². The van der Waals surface area contributed by atoms with Gasteiger partial charge in [-0.2, -0.15) is 0 Å². The van der Waals surface area contributed by atoms with Gasteiger partial charge < -0.3 is 23.7 Å². The van der Waals surface area contributed by atoms with Crippen LogP contribution in [-0.4, -0.2) is 38.2 Å². The average Bonchev–Trinajstić information content (AvgIpc) is 3.41. The van der Waals surface area contributed by atoms with Crippen LogP contribution in [0, 0.1) is 0 Å². The van der Waals surface area contributed by atoms with Crippen molar-refractivity contribution < 1.29 is 28.5 Å². The quantitative estimate of drug-likeness (QED) is 0.399. The lowest BCUT2D eigenvalue weighted by Gasteiger charge is -2.24. The Morgan fingerprint density at radius 3 is 2.47 bits per heavy atom. The van der Waals surface area contributed by atoms with E-state index in [0.717, 1.165) is 56.9 Å². The van der Waals surface area contributed by atoms with Crippen molar-refractivity contribution in [1.82, 2.24) is 0 Å². The van der Waals surface area contributed by atoms with E-state index in [1.54, 1.807) is 20.3 Å². The number of benzene rings is 1. The van der Waals surface area contributed by atoms with E-state index >= 15 is 0 Å². The Labute approximate surface area is 179 Å². The van der Waals surface area contributed by atoms with E-state index in [0.29, 0.717) is 29.3 Å². The second-order valence-corrected chi connectivity index (χ2v) is 8.84. The number of cyclic esters (lactones) is 1. The molecule has 1 aromatic carbocycles. The van der Waals surface area contributed by atoms with Gasteiger partial charge >= 0.3 is 5.97 Å². The lowest BCUT2D eigenvalue weighted by atomic mass is 9.98. The minimum Gasteiger partial charge on any atom is -0.497 e. The van der Waals surface area contributed by atoms with Crippen LogP contribution in [0.1, 0.15) is 93.2 Å². The topological polar surface area (TPSA) is 63.2 Å². The molecule has 6 nitrogen and oxygen atoms in total. The fourth-order valence-electron chi connectivity index (χ4n) is 5.07. The molecule has 1 aromatic rings. The molecule has 3 heterocycles. The molecule has 166 valence electrons. The molecule has 4 atom stereocenters. The second-order valence-electron chi connectivity index (χ2n) is 8.84. The van der Waals surface area contributed by atoms with E-state index in [2.05, 4.69) is 6.92 Å². The summed E-state index contributed by atoms with van der Waals surface area (Å²) in [5.41, 5.74) is 1.42. The Morgan fingerprint density at radius 1 is 1.00 bits per heavy atom. The third kappa shape index (κ3) is 4.45. The zero-order valence-electron chi connectivity index (χ0n) is 18.4. The van der Waals surface area contributed by atoms with E-state index in [1.807, 2.05) is 6.07 Å². The van der Waals surface area contributed by atoms with Crippen molar-refractivity contribution in [1.29, 1.82) is 0 Å². The standard InChI is InChI=1S/C24H34O6/c1-16-10-12-24(29-16)13-11-17(30-24)8-6-4-5-7-9-20-19-14-18(26-2)15-21(27-3)22(19)23(25)28-20/h14-17,20H,4-13H2,1-3H3/t16-,17-,20-,24+/m0/s1. The fourth-order valence-corrected chi connectivity index (χ4v) is 5.07. The van der Waals surface area contributed by atoms with E-state index in [-0.39, 0.29) is 17.9 Å². The van der Waals surface area contributed by atoms with Crippen molar-refractivity contribution in [3.05, 3.63) is 23.3 Å². The molecule has 4 rings (SSSR count). The summed E-state index contributed by atoms with van der Waals surface area (Å²) in [5, 5.41) is 0. The lowest BCUT2D eigenvalue weighted by Crippen LogP contribution is -2.28. The molecule has 30 heavy (non-hydrogen) atoms. The van der Waals surface area contributed by atoms with Gasteiger partial charge in [0.25, 0.3) is 0 Å². The van der Waals surface area contributed by atoms with Gasteiger partial charge in [-0.05, 0) is 45.1 Å². The summed E-state index contributed by atoms with van der Waals surface area (Å²) in [6.07, 6.45) is 11.2. The number of esters is 1. The van der Waals surface area contributed by atoms with Crippen LogP contribution in [0.3, 0.4) is 0 Å². The summed E-state index contributed by atoms with van der Waals surface area (Å²) in [7, 11) is 3.17. The number of carbonyl (C=O) groups excluding carboxylic acids is 1. The molecular formula is C24H34O6. The zero-order valence-corrected chi connectivity index (χ0v) is 18.4. The van der Waals surface area contributed by atoms with Gasteiger partial charge in [-0.1, -0.05) is 19.3 Å². The van der Waals surface area contributed by atoms with Crippen LogP contribution in [0.15, 0.2) is 12.1 Å². The van der Waals surface area contributed by atoms with E-state index in [1.165, 1.54) is 12.8 Å². The third-order valence-electron chi connectivity index (χ3n) is 6.68. The van der Waals surface area contributed by atoms with Crippen molar-refractivity contribution in [2.75, 3.05) is 14.2 Å². The molecule has 3 aliphatic heterocycles. The van der Waals surface area contributed by atoms with Crippen LogP contribution in [0.5, 0.6) is 11.5 Å². The fraction of sp³-hybridized carbons (Fsp3) is 0.708. The minimum atomic E-state index is -0.301. The first-order chi connectivity index (χ1) is 14.5. The molecule has 0 aromatic heterocycles. The lowest BCUT2D eigenvalue weighted by molar-refractivity contribution is -0.214. The number of ether oxygens (including phenoxy) is 5. The molecule has 1 spiro atoms. The van der Waals surface area contributed by atoms with Crippen LogP contribution in [0.4, 0.5) is 0 Å². The van der Waals surface area contributed by atoms with Crippen molar-refractivity contribution >= 4 is 5.97 Å². The summed E-state index contributed by atoms with van der Waals surface area (Å²) in [4.78, 5) is 12.3. The number of hydrogen-bond acceptors (Lipinski definition) is 6. The van der Waals surface area contributed by atoms with E-state index < -0.39 is 0 Å². The molecule has 3 aliphatic rings. The van der Waals surface area contributed by atoms with Gasteiger partial charge in [-0.15, -0.1) is 0 Å². The van der Waals surface area contributed by atoms with Crippen molar-refractivity contribution in [3.63, 3.8) is 0 Å². The summed E-state index contributed by atoms with van der Waals surface area (Å²) >= 11 is 0. The predicted molar refractivity (Wildman–Crippen MR) is 112 cm³/mol. The molecule has 2 fully saturated rings. The molecule has 0 aliphatic carbocycles. The van der Waals surface area contributed by atoms with Crippen LogP contribution < -0.4 is 9.47 Å². The largest absolute Gasteiger partial charge is 0.497 e. The molecule has 0 bridgehead atoms. The first-order valence-electron chi connectivity index (χ1n) is 11.4.